The Bertz CT molecular complexity index is 2010. The fraction of sp³-hybridized carbons (Fsp3) is 0.263. The normalized spacial score (nSPS) is 17.6. The highest BCUT2D eigenvalue weighted by atomic mass is 32.2. The van der Waals surface area contributed by atoms with Gasteiger partial charge in [0.15, 0.2) is 9.92 Å². The van der Waals surface area contributed by atoms with Gasteiger partial charge in [-0.15, -0.1) is 0 Å². The zero-order valence-corrected chi connectivity index (χ0v) is 27.5. The highest BCUT2D eigenvalue weighted by molar-refractivity contribution is 7.92. The summed E-state index contributed by atoms with van der Waals surface area (Å²) >= 11 is 0. The number of hydrogen-bond donors (Lipinski definition) is 2. The van der Waals surface area contributed by atoms with Crippen LogP contribution in [0.4, 0.5) is 10.5 Å². The van der Waals surface area contributed by atoms with Gasteiger partial charge in [0.1, 0.15) is 16.2 Å². The summed E-state index contributed by atoms with van der Waals surface area (Å²) in [4.78, 5) is 14.5. The van der Waals surface area contributed by atoms with Gasteiger partial charge >= 0.3 is 6.03 Å². The van der Waals surface area contributed by atoms with E-state index in [0.717, 1.165) is 64.9 Å². The van der Waals surface area contributed by atoms with Crippen molar-refractivity contribution in [2.75, 3.05) is 18.5 Å². The van der Waals surface area contributed by atoms with Crippen LogP contribution in [0.2, 0.25) is 0 Å². The number of hydrogen-bond acceptors (Lipinski definition) is 6. The molecule has 0 saturated carbocycles. The Hall–Kier alpha value is -5.09. The van der Waals surface area contributed by atoms with E-state index in [2.05, 4.69) is 28.1 Å². The molecule has 0 radical (unpaired) electrons. The van der Waals surface area contributed by atoms with E-state index >= 15 is 4.21 Å². The first-order chi connectivity index (χ1) is 23.5. The molecule has 2 N–H and O–H groups in total. The molecule has 244 valence electrons. The van der Waals surface area contributed by atoms with Crippen molar-refractivity contribution in [1.82, 2.24) is 14.5 Å². The molecule has 2 atom stereocenters. The Balaban J connectivity index is 1.34. The van der Waals surface area contributed by atoms with Crippen LogP contribution in [0.1, 0.15) is 59.1 Å². The van der Waals surface area contributed by atoms with Gasteiger partial charge in [0.2, 0.25) is 5.88 Å². The van der Waals surface area contributed by atoms with Gasteiger partial charge in [-0.05, 0) is 53.1 Å². The lowest BCUT2D eigenvalue weighted by molar-refractivity contribution is 0.224. The molecule has 10 heteroatoms. The topological polar surface area (TPSA) is 107 Å². The van der Waals surface area contributed by atoms with Crippen LogP contribution >= 0.6 is 0 Å². The zero-order chi connectivity index (χ0) is 32.7. The van der Waals surface area contributed by atoms with Gasteiger partial charge in [0.05, 0.1) is 25.1 Å². The van der Waals surface area contributed by atoms with E-state index < -0.39 is 21.5 Å². The lowest BCUT2D eigenvalue weighted by atomic mass is 9.78. The molecular formula is C38H37N5O4S. The van der Waals surface area contributed by atoms with Gasteiger partial charge in [-0.2, -0.15) is 9.46 Å². The number of nitrogens with zero attached hydrogens (tertiary/aromatic N) is 3. The largest absolute Gasteiger partial charge is 0.493 e. The molecule has 1 aromatic heterocycles. The number of ether oxygens (including phenoxy) is 2. The first-order valence-corrected chi connectivity index (χ1v) is 18.0. The highest BCUT2D eigenvalue weighted by Gasteiger charge is 2.41. The Morgan fingerprint density at radius 3 is 2.21 bits per heavy atom. The monoisotopic (exact) mass is 659 g/mol. The number of carbonyl (C=O) groups is 1. The maximum atomic E-state index is 15.9. The van der Waals surface area contributed by atoms with E-state index in [-0.39, 0.29) is 10.8 Å². The summed E-state index contributed by atoms with van der Waals surface area (Å²) in [5, 5.41) is 7.67. The van der Waals surface area contributed by atoms with Crippen molar-refractivity contribution in [3.8, 4) is 11.6 Å². The molecule has 0 spiro atoms. The van der Waals surface area contributed by atoms with Crippen molar-refractivity contribution in [2.45, 2.75) is 55.5 Å². The predicted molar refractivity (Wildman–Crippen MR) is 185 cm³/mol. The lowest BCUT2D eigenvalue weighted by Gasteiger charge is -2.33. The standard InChI is InChI=1S/C38H37N5O4S/c1-26-25-47-32-23-27-13-11-20-31(27)35(34(26)32)40-37(44)41-48(45,33-24-39-43-21-12-22-46-36(33)43)42-38(28-14-5-2-6-15-28,29-16-7-3-8-17-29)30-18-9-4-10-19-30/h2-10,14-19,23-24,26H,11-13,20-22,25H2,1H3,(H2,40,41,42,44,45)/t26-,48?/m1/s1. The molecular weight excluding hydrogens is 623 g/mol. The average molecular weight is 660 g/mol. The van der Waals surface area contributed by atoms with E-state index in [1.54, 1.807) is 4.68 Å². The highest BCUT2D eigenvalue weighted by Crippen LogP contribution is 2.46. The zero-order valence-electron chi connectivity index (χ0n) is 26.7. The van der Waals surface area contributed by atoms with Gasteiger partial charge in [-0.3, -0.25) is 0 Å². The van der Waals surface area contributed by atoms with Crippen LogP contribution in [0.25, 0.3) is 0 Å². The molecule has 2 amide bonds. The summed E-state index contributed by atoms with van der Waals surface area (Å²) in [6.07, 6.45) is 5.08. The molecule has 5 aromatic rings. The van der Waals surface area contributed by atoms with Crippen LogP contribution < -0.4 is 19.5 Å². The summed E-state index contributed by atoms with van der Waals surface area (Å²) in [6.45, 7) is 3.70. The van der Waals surface area contributed by atoms with Crippen molar-refractivity contribution >= 4 is 21.6 Å². The number of fused-ring (bicyclic) bond motifs is 3. The molecule has 0 bridgehead atoms. The van der Waals surface area contributed by atoms with Crippen molar-refractivity contribution < 1.29 is 18.5 Å². The van der Waals surface area contributed by atoms with E-state index in [4.69, 9.17) is 13.8 Å². The van der Waals surface area contributed by atoms with Crippen LogP contribution in [-0.2, 0) is 34.8 Å². The second-order valence-corrected chi connectivity index (χ2v) is 14.5. The molecule has 1 aliphatic carbocycles. The summed E-state index contributed by atoms with van der Waals surface area (Å²) in [6, 6.07) is 30.8. The summed E-state index contributed by atoms with van der Waals surface area (Å²) in [5.41, 5.74) is 5.12. The van der Waals surface area contributed by atoms with Crippen LogP contribution in [0.3, 0.4) is 0 Å². The second-order valence-electron chi connectivity index (χ2n) is 12.6. The minimum atomic E-state index is -3.81. The number of aryl methyl sites for hydroxylation is 2. The fourth-order valence-electron chi connectivity index (χ4n) is 7.30. The number of carbonyl (C=O) groups excluding carboxylic acids is 1. The Kier molecular flexibility index (Phi) is 7.67. The number of rotatable bonds is 7. The summed E-state index contributed by atoms with van der Waals surface area (Å²) < 4.78 is 37.9. The lowest BCUT2D eigenvalue weighted by Crippen LogP contribution is -2.38. The molecule has 9 nitrogen and oxygen atoms in total. The van der Waals surface area contributed by atoms with Crippen molar-refractivity contribution in [1.29, 1.82) is 0 Å². The maximum Gasteiger partial charge on any atom is 0.331 e. The molecule has 48 heavy (non-hydrogen) atoms. The predicted octanol–water partition coefficient (Wildman–Crippen LogP) is 7.21. The minimum absolute atomic E-state index is 0.105. The third-order valence-corrected chi connectivity index (χ3v) is 11.4. The summed E-state index contributed by atoms with van der Waals surface area (Å²) in [7, 11) is -3.81. The number of anilines is 1. The van der Waals surface area contributed by atoms with Gasteiger partial charge in [0, 0.05) is 24.4 Å². The van der Waals surface area contributed by atoms with Gasteiger partial charge in [-0.1, -0.05) is 97.9 Å². The van der Waals surface area contributed by atoms with Crippen molar-refractivity contribution in [2.24, 2.45) is 4.36 Å². The number of amides is 2. The third kappa shape index (κ3) is 5.11. The molecule has 4 aromatic carbocycles. The SMILES string of the molecule is C[C@@H]1COc2cc3c(c(NC(=O)NS(=O)(=NC(c4ccccc4)(c4ccccc4)c4ccccc4)c4cnn5c4OCCC5)c21)CCC3. The van der Waals surface area contributed by atoms with E-state index in [0.29, 0.717) is 25.6 Å². The quantitative estimate of drug-likeness (QED) is 0.180. The van der Waals surface area contributed by atoms with Gasteiger partial charge in [-0.25, -0.2) is 18.4 Å². The molecule has 3 heterocycles. The molecule has 0 fully saturated rings. The van der Waals surface area contributed by atoms with E-state index in [1.165, 1.54) is 11.8 Å². The minimum Gasteiger partial charge on any atom is -0.493 e. The number of nitrogens with one attached hydrogen (secondary N) is 2. The fourth-order valence-corrected chi connectivity index (χ4v) is 9.15. The molecule has 8 rings (SSSR count). The van der Waals surface area contributed by atoms with Crippen molar-refractivity contribution in [3.05, 3.63) is 137 Å². The molecule has 1 unspecified atom stereocenters. The molecule has 3 aliphatic rings. The van der Waals surface area contributed by atoms with E-state index in [9.17, 15) is 4.79 Å². The first-order valence-electron chi connectivity index (χ1n) is 16.5. The van der Waals surface area contributed by atoms with E-state index in [1.807, 2.05) is 91.0 Å². The third-order valence-electron chi connectivity index (χ3n) is 9.50. The Labute approximate surface area is 280 Å². The first kappa shape index (κ1) is 30.3. The number of aromatic nitrogens is 2. The molecule has 0 saturated heterocycles. The maximum absolute atomic E-state index is 15.9. The van der Waals surface area contributed by atoms with Crippen LogP contribution in [0.5, 0.6) is 11.6 Å². The second kappa shape index (κ2) is 12.2. The molecule has 2 aliphatic heterocycles. The number of urea groups is 1. The Morgan fingerprint density at radius 1 is 0.917 bits per heavy atom. The smallest absolute Gasteiger partial charge is 0.331 e. The number of benzene rings is 4. The average Bonchev–Trinajstić information content (AvgIpc) is 3.87. The Morgan fingerprint density at radius 2 is 1.56 bits per heavy atom. The summed E-state index contributed by atoms with van der Waals surface area (Å²) in [5.74, 6) is 1.26. The van der Waals surface area contributed by atoms with Crippen molar-refractivity contribution in [3.63, 3.8) is 0 Å². The van der Waals surface area contributed by atoms with Crippen LogP contribution in [0, 0.1) is 0 Å². The van der Waals surface area contributed by atoms with Crippen LogP contribution in [0.15, 0.2) is 113 Å². The van der Waals surface area contributed by atoms with Gasteiger partial charge < -0.3 is 14.8 Å². The van der Waals surface area contributed by atoms with Gasteiger partial charge in [0.25, 0.3) is 0 Å². The van der Waals surface area contributed by atoms with Crippen LogP contribution in [-0.4, -0.2) is 33.2 Å².